The van der Waals surface area contributed by atoms with Crippen LogP contribution >= 0.6 is 0 Å². The quantitative estimate of drug-likeness (QED) is 0.535. The van der Waals surface area contributed by atoms with E-state index in [1.54, 1.807) is 6.42 Å². The first-order valence-corrected chi connectivity index (χ1v) is 6.05. The van der Waals surface area contributed by atoms with Crippen LogP contribution in [0.3, 0.4) is 0 Å². The molecule has 0 saturated heterocycles. The molecule has 6 unspecified atom stereocenters. The summed E-state index contributed by atoms with van der Waals surface area (Å²) in [5.74, 6) is 6.56. The van der Waals surface area contributed by atoms with Crippen LogP contribution in [-0.4, -0.2) is 0 Å². The molecule has 0 nitrogen and oxygen atoms in total. The maximum Gasteiger partial charge on any atom is -0.0169 e. The van der Waals surface area contributed by atoms with Gasteiger partial charge in [-0.1, -0.05) is 18.6 Å². The molecule has 0 radical (unpaired) electrons. The Labute approximate surface area is 80.4 Å². The Morgan fingerprint density at radius 1 is 1.31 bits per heavy atom. The van der Waals surface area contributed by atoms with Crippen molar-refractivity contribution in [2.75, 3.05) is 0 Å². The molecule has 0 heterocycles. The van der Waals surface area contributed by atoms with Gasteiger partial charge in [0.25, 0.3) is 0 Å². The minimum absolute atomic E-state index is 1.04. The van der Waals surface area contributed by atoms with Crippen LogP contribution < -0.4 is 0 Å². The second kappa shape index (κ2) is 2.04. The maximum absolute atomic E-state index is 2.66. The molecule has 3 fully saturated rings. The topological polar surface area (TPSA) is 0 Å². The Hall–Kier alpha value is -0.260. The van der Waals surface area contributed by atoms with Crippen molar-refractivity contribution in [3.05, 3.63) is 11.6 Å². The fourth-order valence-electron chi connectivity index (χ4n) is 4.33. The summed E-state index contributed by atoms with van der Waals surface area (Å²) in [4.78, 5) is 0. The van der Waals surface area contributed by atoms with Gasteiger partial charge in [0.05, 0.1) is 0 Å². The van der Waals surface area contributed by atoms with E-state index in [4.69, 9.17) is 0 Å². The van der Waals surface area contributed by atoms with Crippen molar-refractivity contribution in [3.8, 4) is 0 Å². The van der Waals surface area contributed by atoms with E-state index in [0.717, 1.165) is 35.5 Å². The molecule has 6 atom stereocenters. The predicted octanol–water partition coefficient (Wildman–Crippen LogP) is 3.24. The molecule has 3 saturated carbocycles. The van der Waals surface area contributed by atoms with E-state index in [0.29, 0.717) is 0 Å². The van der Waals surface area contributed by atoms with Crippen molar-refractivity contribution in [2.45, 2.75) is 32.6 Å². The number of fused-ring (bicyclic) bond motifs is 2. The molecule has 0 N–H and O–H groups in total. The van der Waals surface area contributed by atoms with E-state index in [1.807, 2.05) is 5.57 Å². The summed E-state index contributed by atoms with van der Waals surface area (Å²) in [5.41, 5.74) is 1.89. The number of hydrogen-bond donors (Lipinski definition) is 0. The molecule has 4 rings (SSSR count). The van der Waals surface area contributed by atoms with Gasteiger partial charge in [-0.25, -0.2) is 0 Å². The summed E-state index contributed by atoms with van der Waals surface area (Å²) in [6.45, 7) is 2.47. The van der Waals surface area contributed by atoms with Gasteiger partial charge in [0.2, 0.25) is 0 Å². The van der Waals surface area contributed by atoms with E-state index in [9.17, 15) is 0 Å². The molecule has 0 heteroatoms. The zero-order valence-corrected chi connectivity index (χ0v) is 8.37. The Morgan fingerprint density at radius 3 is 2.85 bits per heavy atom. The molecule has 0 aromatic carbocycles. The number of hydrogen-bond acceptors (Lipinski definition) is 0. The van der Waals surface area contributed by atoms with E-state index >= 15 is 0 Å². The van der Waals surface area contributed by atoms with Crippen molar-refractivity contribution in [2.24, 2.45) is 35.5 Å². The van der Waals surface area contributed by atoms with E-state index in [1.165, 1.54) is 19.3 Å². The summed E-state index contributed by atoms with van der Waals surface area (Å²) in [6.07, 6.45) is 8.75. The average molecular weight is 174 g/mol. The van der Waals surface area contributed by atoms with Crippen LogP contribution in [0.25, 0.3) is 0 Å². The van der Waals surface area contributed by atoms with Gasteiger partial charge in [0.1, 0.15) is 0 Å². The lowest BCUT2D eigenvalue weighted by Gasteiger charge is -2.15. The third-order valence-electron chi connectivity index (χ3n) is 5.29. The normalized spacial score (nSPS) is 61.5. The van der Waals surface area contributed by atoms with Gasteiger partial charge in [-0.3, -0.25) is 0 Å². The summed E-state index contributed by atoms with van der Waals surface area (Å²) < 4.78 is 0. The smallest absolute Gasteiger partial charge is 0.0169 e. The van der Waals surface area contributed by atoms with Crippen molar-refractivity contribution in [1.82, 2.24) is 0 Å². The van der Waals surface area contributed by atoms with Crippen LogP contribution in [0.5, 0.6) is 0 Å². The van der Waals surface area contributed by atoms with Crippen LogP contribution in [0.1, 0.15) is 32.6 Å². The fraction of sp³-hybridized carbons (Fsp3) is 0.846. The average Bonchev–Trinajstić information content (AvgIpc) is 2.89. The molecule has 0 aliphatic heterocycles. The zero-order chi connectivity index (χ0) is 8.58. The summed E-state index contributed by atoms with van der Waals surface area (Å²) >= 11 is 0. The lowest BCUT2D eigenvalue weighted by molar-refractivity contribution is 0.490. The Balaban J connectivity index is 1.58. The first-order valence-electron chi connectivity index (χ1n) is 6.05. The highest BCUT2D eigenvalue weighted by molar-refractivity contribution is 5.27. The lowest BCUT2D eigenvalue weighted by atomic mass is 9.90. The molecule has 0 aromatic rings. The second-order valence-corrected chi connectivity index (χ2v) is 5.89. The van der Waals surface area contributed by atoms with Crippen LogP contribution in [0.15, 0.2) is 11.6 Å². The van der Waals surface area contributed by atoms with Gasteiger partial charge in [0.15, 0.2) is 0 Å². The summed E-state index contributed by atoms with van der Waals surface area (Å²) in [6, 6.07) is 0. The van der Waals surface area contributed by atoms with Crippen LogP contribution in [0, 0.1) is 35.5 Å². The molecular formula is C13H18. The van der Waals surface area contributed by atoms with Crippen molar-refractivity contribution in [1.29, 1.82) is 0 Å². The molecule has 13 heavy (non-hydrogen) atoms. The highest BCUT2D eigenvalue weighted by Crippen LogP contribution is 2.65. The van der Waals surface area contributed by atoms with Gasteiger partial charge in [-0.2, -0.15) is 0 Å². The van der Waals surface area contributed by atoms with Gasteiger partial charge in [-0.15, -0.1) is 0 Å². The molecule has 0 bridgehead atoms. The van der Waals surface area contributed by atoms with E-state index in [-0.39, 0.29) is 0 Å². The number of rotatable bonds is 1. The summed E-state index contributed by atoms with van der Waals surface area (Å²) in [5, 5.41) is 0. The predicted molar refractivity (Wildman–Crippen MR) is 53.2 cm³/mol. The van der Waals surface area contributed by atoms with Crippen molar-refractivity contribution >= 4 is 0 Å². The molecule has 70 valence electrons. The van der Waals surface area contributed by atoms with Crippen molar-refractivity contribution in [3.63, 3.8) is 0 Å². The summed E-state index contributed by atoms with van der Waals surface area (Å²) in [7, 11) is 0. The molecule has 4 aliphatic rings. The van der Waals surface area contributed by atoms with Crippen LogP contribution in [0.4, 0.5) is 0 Å². The Morgan fingerprint density at radius 2 is 2.23 bits per heavy atom. The minimum Gasteiger partial charge on any atom is -0.0816 e. The van der Waals surface area contributed by atoms with Crippen molar-refractivity contribution < 1.29 is 0 Å². The minimum atomic E-state index is 1.04. The molecular weight excluding hydrogens is 156 g/mol. The number of allylic oxidation sites excluding steroid dienone is 2. The molecule has 0 amide bonds. The van der Waals surface area contributed by atoms with Gasteiger partial charge < -0.3 is 0 Å². The zero-order valence-electron chi connectivity index (χ0n) is 8.37. The van der Waals surface area contributed by atoms with E-state index in [2.05, 4.69) is 13.0 Å². The molecule has 0 aromatic heterocycles. The van der Waals surface area contributed by atoms with Gasteiger partial charge in [0, 0.05) is 0 Å². The molecule has 4 aliphatic carbocycles. The van der Waals surface area contributed by atoms with Gasteiger partial charge in [-0.05, 0) is 61.2 Å². The Bertz CT molecular complexity index is 288. The first-order chi connectivity index (χ1) is 6.34. The SMILES string of the molecule is CC1C2CCC(C3=CC4CC4C3)C12. The molecule has 0 spiro atoms. The van der Waals surface area contributed by atoms with Crippen LogP contribution in [0.2, 0.25) is 0 Å². The van der Waals surface area contributed by atoms with Gasteiger partial charge >= 0.3 is 0 Å². The lowest BCUT2D eigenvalue weighted by Crippen LogP contribution is -2.04. The third kappa shape index (κ3) is 0.825. The fourth-order valence-corrected chi connectivity index (χ4v) is 4.33. The Kier molecular flexibility index (Phi) is 1.11. The van der Waals surface area contributed by atoms with Crippen LogP contribution in [-0.2, 0) is 0 Å². The standard InChI is InChI=1S/C13H18/c1-7-11-2-3-12(13(7)11)10-5-8-4-9(8)6-10/h5,7-9,11-13H,2-4,6H2,1H3. The third-order valence-corrected chi connectivity index (χ3v) is 5.29. The highest BCUT2D eigenvalue weighted by atomic mass is 14.6. The largest absolute Gasteiger partial charge is 0.0816 e. The highest BCUT2D eigenvalue weighted by Gasteiger charge is 2.57. The van der Waals surface area contributed by atoms with E-state index < -0.39 is 0 Å². The monoisotopic (exact) mass is 174 g/mol. The first kappa shape index (κ1) is 7.09. The maximum atomic E-state index is 2.66. The second-order valence-electron chi connectivity index (χ2n) is 5.89.